The first-order chi connectivity index (χ1) is 8.81. The van der Waals surface area contributed by atoms with Crippen molar-refractivity contribution in [2.24, 2.45) is 0 Å². The fourth-order valence-corrected chi connectivity index (χ4v) is 2.78. The highest BCUT2D eigenvalue weighted by Gasteiger charge is 2.08. The highest BCUT2D eigenvalue weighted by atomic mass is 35.5. The quantitative estimate of drug-likeness (QED) is 0.491. The summed E-state index contributed by atoms with van der Waals surface area (Å²) >= 11 is 12.1. The summed E-state index contributed by atoms with van der Waals surface area (Å²) in [6.45, 7) is 0. The van der Waals surface area contributed by atoms with Crippen molar-refractivity contribution < 1.29 is 0 Å². The number of halogens is 2. The van der Waals surface area contributed by atoms with Crippen molar-refractivity contribution in [2.45, 2.75) is 31.1 Å². The molecule has 0 heterocycles. The van der Waals surface area contributed by atoms with E-state index in [9.17, 15) is 0 Å². The third-order valence-electron chi connectivity index (χ3n) is 3.22. The second kappa shape index (κ2) is 7.01. The number of benzene rings is 2. The molecule has 0 saturated carbocycles. The van der Waals surface area contributed by atoms with E-state index in [-0.39, 0.29) is 5.38 Å². The molecule has 0 aromatic heterocycles. The molecule has 18 heavy (non-hydrogen) atoms. The van der Waals surface area contributed by atoms with Crippen LogP contribution >= 0.6 is 23.2 Å². The van der Waals surface area contributed by atoms with Gasteiger partial charge in [-0.05, 0) is 35.6 Å². The average molecular weight is 281 g/mol. The van der Waals surface area contributed by atoms with E-state index in [2.05, 4.69) is 42.5 Å². The lowest BCUT2D eigenvalue weighted by Crippen LogP contribution is -2.04. The van der Waals surface area contributed by atoms with Gasteiger partial charge < -0.3 is 0 Å². The van der Waals surface area contributed by atoms with Crippen LogP contribution < -0.4 is 0 Å². The van der Waals surface area contributed by atoms with Crippen LogP contribution in [-0.4, -0.2) is 11.3 Å². The van der Waals surface area contributed by atoms with Crippen molar-refractivity contribution in [3.8, 4) is 0 Å². The first kappa shape index (κ1) is 13.7. The van der Waals surface area contributed by atoms with Gasteiger partial charge in [0.15, 0.2) is 0 Å². The summed E-state index contributed by atoms with van der Waals surface area (Å²) in [6.07, 6.45) is 4.14. The molecule has 0 amide bonds. The van der Waals surface area contributed by atoms with Crippen LogP contribution in [0.3, 0.4) is 0 Å². The normalized spacial score (nSPS) is 12.8. The van der Waals surface area contributed by atoms with Crippen LogP contribution in [0, 0.1) is 0 Å². The molecule has 0 spiro atoms. The van der Waals surface area contributed by atoms with E-state index >= 15 is 0 Å². The minimum absolute atomic E-state index is 0.207. The zero-order valence-electron chi connectivity index (χ0n) is 10.4. The average Bonchev–Trinajstić information content (AvgIpc) is 2.39. The van der Waals surface area contributed by atoms with Crippen LogP contribution in [0.25, 0.3) is 10.8 Å². The number of hydrogen-bond donors (Lipinski definition) is 0. The van der Waals surface area contributed by atoms with Gasteiger partial charge >= 0.3 is 0 Å². The largest absolute Gasteiger partial charge is 0.127 e. The zero-order valence-corrected chi connectivity index (χ0v) is 11.9. The summed E-state index contributed by atoms with van der Waals surface area (Å²) in [5.74, 6) is 0.734. The Labute approximate surface area is 119 Å². The molecule has 0 aliphatic carbocycles. The van der Waals surface area contributed by atoms with Crippen LogP contribution in [0.1, 0.15) is 24.8 Å². The van der Waals surface area contributed by atoms with E-state index in [1.165, 1.54) is 16.3 Å². The van der Waals surface area contributed by atoms with E-state index in [4.69, 9.17) is 23.2 Å². The van der Waals surface area contributed by atoms with Crippen molar-refractivity contribution in [1.29, 1.82) is 0 Å². The number of fused-ring (bicyclic) bond motifs is 1. The number of rotatable bonds is 6. The summed E-state index contributed by atoms with van der Waals surface area (Å²) in [5.41, 5.74) is 1.35. The maximum atomic E-state index is 6.41. The Morgan fingerprint density at radius 1 is 0.944 bits per heavy atom. The highest BCUT2D eigenvalue weighted by molar-refractivity contribution is 6.20. The second-order valence-electron chi connectivity index (χ2n) is 4.62. The lowest BCUT2D eigenvalue weighted by molar-refractivity contribution is 0.678. The molecule has 0 saturated heterocycles. The van der Waals surface area contributed by atoms with E-state index in [0.29, 0.717) is 0 Å². The maximum absolute atomic E-state index is 6.41. The minimum Gasteiger partial charge on any atom is -0.127 e. The van der Waals surface area contributed by atoms with Crippen molar-refractivity contribution in [1.82, 2.24) is 0 Å². The van der Waals surface area contributed by atoms with Crippen LogP contribution in [0.15, 0.2) is 42.5 Å². The molecule has 0 N–H and O–H groups in total. The first-order valence-electron chi connectivity index (χ1n) is 6.48. The molecular formula is C16H18Cl2. The number of unbranched alkanes of at least 4 members (excludes halogenated alkanes) is 1. The topological polar surface area (TPSA) is 0 Å². The lowest BCUT2D eigenvalue weighted by atomic mass is 9.99. The Morgan fingerprint density at radius 2 is 1.72 bits per heavy atom. The Kier molecular flexibility index (Phi) is 5.34. The lowest BCUT2D eigenvalue weighted by Gasteiger charge is -2.11. The molecular weight excluding hydrogens is 263 g/mol. The number of hydrogen-bond acceptors (Lipinski definition) is 0. The van der Waals surface area contributed by atoms with Crippen LogP contribution in [0.4, 0.5) is 0 Å². The van der Waals surface area contributed by atoms with Gasteiger partial charge in [-0.1, -0.05) is 48.9 Å². The SMILES string of the molecule is ClCCCCC(Cl)Cc1cccc2ccccc12. The number of alkyl halides is 2. The minimum atomic E-state index is 0.207. The Morgan fingerprint density at radius 3 is 2.56 bits per heavy atom. The zero-order chi connectivity index (χ0) is 12.8. The molecule has 0 aliphatic rings. The fourth-order valence-electron chi connectivity index (χ4n) is 2.27. The standard InChI is InChI=1S/C16H18Cl2/c17-11-4-3-9-15(18)12-14-8-5-7-13-6-1-2-10-16(13)14/h1-2,5-8,10,15H,3-4,9,11-12H2. The molecule has 0 bridgehead atoms. The predicted molar refractivity (Wildman–Crippen MR) is 81.9 cm³/mol. The summed E-state index contributed by atoms with van der Waals surface area (Å²) in [4.78, 5) is 0. The second-order valence-corrected chi connectivity index (χ2v) is 5.62. The van der Waals surface area contributed by atoms with Gasteiger partial charge in [0.2, 0.25) is 0 Å². The van der Waals surface area contributed by atoms with E-state index in [0.717, 1.165) is 31.6 Å². The molecule has 96 valence electrons. The van der Waals surface area contributed by atoms with Gasteiger partial charge in [0.05, 0.1) is 0 Å². The van der Waals surface area contributed by atoms with Crippen molar-refractivity contribution >= 4 is 34.0 Å². The van der Waals surface area contributed by atoms with Crippen molar-refractivity contribution in [2.75, 3.05) is 5.88 Å². The van der Waals surface area contributed by atoms with Gasteiger partial charge in [-0.25, -0.2) is 0 Å². The monoisotopic (exact) mass is 280 g/mol. The predicted octanol–water partition coefficient (Wildman–Crippen LogP) is 5.40. The smallest absolute Gasteiger partial charge is 0.0376 e. The molecule has 1 unspecified atom stereocenters. The van der Waals surface area contributed by atoms with Gasteiger partial charge in [0, 0.05) is 11.3 Å². The van der Waals surface area contributed by atoms with Crippen molar-refractivity contribution in [3.63, 3.8) is 0 Å². The molecule has 1 atom stereocenters. The van der Waals surface area contributed by atoms with E-state index in [1.54, 1.807) is 0 Å². The van der Waals surface area contributed by atoms with Crippen LogP contribution in [0.2, 0.25) is 0 Å². The van der Waals surface area contributed by atoms with E-state index < -0.39 is 0 Å². The summed E-state index contributed by atoms with van der Waals surface area (Å²) in [5, 5.41) is 2.82. The summed E-state index contributed by atoms with van der Waals surface area (Å²) in [7, 11) is 0. The highest BCUT2D eigenvalue weighted by Crippen LogP contribution is 2.22. The fraction of sp³-hybridized carbons (Fsp3) is 0.375. The summed E-state index contributed by atoms with van der Waals surface area (Å²) < 4.78 is 0. The molecule has 0 fully saturated rings. The van der Waals surface area contributed by atoms with Gasteiger partial charge in [0.1, 0.15) is 0 Å². The van der Waals surface area contributed by atoms with Gasteiger partial charge in [-0.2, -0.15) is 0 Å². The van der Waals surface area contributed by atoms with E-state index in [1.807, 2.05) is 0 Å². The van der Waals surface area contributed by atoms with Gasteiger partial charge in [-0.15, -0.1) is 23.2 Å². The maximum Gasteiger partial charge on any atom is 0.0376 e. The van der Waals surface area contributed by atoms with Crippen molar-refractivity contribution in [3.05, 3.63) is 48.0 Å². The molecule has 2 aromatic carbocycles. The molecule has 2 heteroatoms. The molecule has 0 radical (unpaired) electrons. The molecule has 2 aromatic rings. The van der Waals surface area contributed by atoms with Gasteiger partial charge in [-0.3, -0.25) is 0 Å². The van der Waals surface area contributed by atoms with Crippen LogP contribution in [0.5, 0.6) is 0 Å². The summed E-state index contributed by atoms with van der Waals surface area (Å²) in [6, 6.07) is 14.9. The molecule has 0 nitrogen and oxygen atoms in total. The third kappa shape index (κ3) is 3.63. The Balaban J connectivity index is 2.07. The molecule has 2 rings (SSSR count). The van der Waals surface area contributed by atoms with Gasteiger partial charge in [0.25, 0.3) is 0 Å². The van der Waals surface area contributed by atoms with Crippen LogP contribution in [-0.2, 0) is 6.42 Å². The molecule has 0 aliphatic heterocycles. The Bertz CT molecular complexity index is 488. The Hall–Kier alpha value is -0.720. The first-order valence-corrected chi connectivity index (χ1v) is 7.45. The third-order valence-corrected chi connectivity index (χ3v) is 3.86.